The molecule has 1 aliphatic rings. The number of rotatable bonds is 8. The molecule has 0 saturated carbocycles. The first-order valence-corrected chi connectivity index (χ1v) is 12.0. The number of benzene rings is 2. The minimum atomic E-state index is -0.263. The fourth-order valence-corrected chi connectivity index (χ4v) is 4.34. The minimum Gasteiger partial charge on any atom is -0.377 e. The van der Waals surface area contributed by atoms with Gasteiger partial charge in [0, 0.05) is 42.4 Å². The second kappa shape index (κ2) is 11.7. The van der Waals surface area contributed by atoms with Crippen molar-refractivity contribution in [3.8, 4) is 0 Å². The molecule has 32 heavy (non-hydrogen) atoms. The van der Waals surface area contributed by atoms with E-state index in [1.54, 1.807) is 6.07 Å². The number of piperidine rings is 1. The maximum absolute atomic E-state index is 12.6. The average Bonchev–Trinajstić information content (AvgIpc) is 2.78. The lowest BCUT2D eigenvalue weighted by Crippen LogP contribution is -2.41. The summed E-state index contributed by atoms with van der Waals surface area (Å²) in [7, 11) is 3.76. The van der Waals surface area contributed by atoms with Crippen LogP contribution in [0.25, 0.3) is 0 Å². The summed E-state index contributed by atoms with van der Waals surface area (Å²) in [5.41, 5.74) is 2.60. The summed E-state index contributed by atoms with van der Waals surface area (Å²) in [5, 5.41) is 6.46. The SMILES string of the molecule is CN(C)c1ccc(Br)cc1C(=O)NCC(=O)NCC1CCN(Cc2ccc(Cl)cc2)CC1. The zero-order valence-electron chi connectivity index (χ0n) is 18.5. The van der Waals surface area contributed by atoms with Crippen molar-refractivity contribution in [2.75, 3.05) is 45.2 Å². The molecule has 1 heterocycles. The summed E-state index contributed by atoms with van der Waals surface area (Å²) in [6.45, 7) is 3.55. The lowest BCUT2D eigenvalue weighted by atomic mass is 9.96. The number of carbonyl (C=O) groups excluding carboxylic acids is 2. The number of likely N-dealkylation sites (tertiary alicyclic amines) is 1. The molecule has 0 spiro atoms. The van der Waals surface area contributed by atoms with Crippen LogP contribution in [-0.2, 0) is 11.3 Å². The smallest absolute Gasteiger partial charge is 0.253 e. The summed E-state index contributed by atoms with van der Waals surface area (Å²) in [6.07, 6.45) is 2.09. The molecule has 3 rings (SSSR count). The van der Waals surface area contributed by atoms with Crippen LogP contribution < -0.4 is 15.5 Å². The van der Waals surface area contributed by atoms with Crippen molar-refractivity contribution in [2.24, 2.45) is 5.92 Å². The Labute approximate surface area is 203 Å². The van der Waals surface area contributed by atoms with E-state index in [0.29, 0.717) is 18.0 Å². The Balaban J connectivity index is 1.38. The Kier molecular flexibility index (Phi) is 8.96. The zero-order chi connectivity index (χ0) is 23.1. The molecule has 2 N–H and O–H groups in total. The van der Waals surface area contributed by atoms with Crippen molar-refractivity contribution in [1.29, 1.82) is 0 Å². The molecule has 0 bridgehead atoms. The van der Waals surface area contributed by atoms with E-state index >= 15 is 0 Å². The maximum atomic E-state index is 12.6. The fraction of sp³-hybridized carbons (Fsp3) is 0.417. The Hall–Kier alpha value is -2.09. The van der Waals surface area contributed by atoms with Gasteiger partial charge in [-0.1, -0.05) is 39.7 Å². The molecule has 0 atom stereocenters. The van der Waals surface area contributed by atoms with Crippen LogP contribution in [0.1, 0.15) is 28.8 Å². The number of hydrogen-bond acceptors (Lipinski definition) is 4. The summed E-state index contributed by atoms with van der Waals surface area (Å²) < 4.78 is 0.820. The minimum absolute atomic E-state index is 0.0341. The van der Waals surface area contributed by atoms with E-state index in [1.165, 1.54) is 5.56 Å². The molecule has 172 valence electrons. The van der Waals surface area contributed by atoms with Crippen molar-refractivity contribution in [1.82, 2.24) is 15.5 Å². The van der Waals surface area contributed by atoms with Crippen LogP contribution in [0.2, 0.25) is 5.02 Å². The van der Waals surface area contributed by atoms with Crippen molar-refractivity contribution in [2.45, 2.75) is 19.4 Å². The van der Waals surface area contributed by atoms with Crippen molar-refractivity contribution in [3.05, 3.63) is 63.1 Å². The Bertz CT molecular complexity index is 928. The van der Waals surface area contributed by atoms with Gasteiger partial charge >= 0.3 is 0 Å². The van der Waals surface area contributed by atoms with E-state index < -0.39 is 0 Å². The topological polar surface area (TPSA) is 64.7 Å². The third kappa shape index (κ3) is 7.22. The van der Waals surface area contributed by atoms with Gasteiger partial charge in [-0.05, 0) is 67.7 Å². The Morgan fingerprint density at radius 1 is 1.09 bits per heavy atom. The van der Waals surface area contributed by atoms with Crippen molar-refractivity contribution >= 4 is 45.0 Å². The molecule has 1 saturated heterocycles. The number of amides is 2. The molecular formula is C24H30BrClN4O2. The molecular weight excluding hydrogens is 492 g/mol. The molecule has 0 radical (unpaired) electrons. The first-order chi connectivity index (χ1) is 15.3. The monoisotopic (exact) mass is 520 g/mol. The van der Waals surface area contributed by atoms with E-state index in [0.717, 1.165) is 47.7 Å². The van der Waals surface area contributed by atoms with Gasteiger partial charge in [-0.25, -0.2) is 0 Å². The van der Waals surface area contributed by atoms with Crippen LogP contribution in [0.4, 0.5) is 5.69 Å². The molecule has 2 aromatic rings. The van der Waals surface area contributed by atoms with Crippen molar-refractivity contribution < 1.29 is 9.59 Å². The normalized spacial score (nSPS) is 14.8. The van der Waals surface area contributed by atoms with Crippen LogP contribution in [0, 0.1) is 5.92 Å². The van der Waals surface area contributed by atoms with Gasteiger partial charge in [0.1, 0.15) is 0 Å². The lowest BCUT2D eigenvalue weighted by molar-refractivity contribution is -0.120. The first kappa shape index (κ1) is 24.6. The van der Waals surface area contributed by atoms with Gasteiger partial charge in [-0.3, -0.25) is 14.5 Å². The van der Waals surface area contributed by atoms with Crippen LogP contribution in [-0.4, -0.2) is 57.0 Å². The third-order valence-corrected chi connectivity index (χ3v) is 6.45. The van der Waals surface area contributed by atoms with E-state index in [9.17, 15) is 9.59 Å². The number of halogens is 2. The number of hydrogen-bond donors (Lipinski definition) is 2. The summed E-state index contributed by atoms with van der Waals surface area (Å²) in [6, 6.07) is 13.5. The van der Waals surface area contributed by atoms with Crippen LogP contribution >= 0.6 is 27.5 Å². The average molecular weight is 522 g/mol. The van der Waals surface area contributed by atoms with Gasteiger partial charge in [0.2, 0.25) is 5.91 Å². The number of anilines is 1. The Morgan fingerprint density at radius 3 is 2.44 bits per heavy atom. The molecule has 0 aromatic heterocycles. The molecule has 0 aliphatic carbocycles. The molecule has 2 amide bonds. The Morgan fingerprint density at radius 2 is 1.78 bits per heavy atom. The largest absolute Gasteiger partial charge is 0.377 e. The van der Waals surface area contributed by atoms with E-state index in [-0.39, 0.29) is 18.4 Å². The number of carbonyl (C=O) groups is 2. The number of nitrogens with zero attached hydrogens (tertiary/aromatic N) is 2. The van der Waals surface area contributed by atoms with Gasteiger partial charge in [0.25, 0.3) is 5.91 Å². The quantitative estimate of drug-likeness (QED) is 0.553. The summed E-state index contributed by atoms with van der Waals surface area (Å²) in [5.74, 6) is 0.0329. The third-order valence-electron chi connectivity index (χ3n) is 5.71. The van der Waals surface area contributed by atoms with Gasteiger partial charge in [-0.15, -0.1) is 0 Å². The highest BCUT2D eigenvalue weighted by Crippen LogP contribution is 2.23. The van der Waals surface area contributed by atoms with Crippen molar-refractivity contribution in [3.63, 3.8) is 0 Å². The fourth-order valence-electron chi connectivity index (χ4n) is 3.85. The molecule has 8 heteroatoms. The molecule has 0 unspecified atom stereocenters. The summed E-state index contributed by atoms with van der Waals surface area (Å²) in [4.78, 5) is 29.2. The van der Waals surface area contributed by atoms with Gasteiger partial charge in [-0.2, -0.15) is 0 Å². The van der Waals surface area contributed by atoms with Gasteiger partial charge < -0.3 is 15.5 Å². The second-order valence-corrected chi connectivity index (χ2v) is 9.74. The first-order valence-electron chi connectivity index (χ1n) is 10.8. The van der Waals surface area contributed by atoms with Crippen LogP contribution in [0.3, 0.4) is 0 Å². The molecule has 2 aromatic carbocycles. The summed E-state index contributed by atoms with van der Waals surface area (Å²) >= 11 is 9.36. The lowest BCUT2D eigenvalue weighted by Gasteiger charge is -2.32. The standard InChI is InChI=1S/C24H30BrClN4O2/c1-29(2)22-8-5-19(25)13-21(22)24(32)28-15-23(31)27-14-17-9-11-30(12-10-17)16-18-3-6-20(26)7-4-18/h3-8,13,17H,9-12,14-16H2,1-2H3,(H,27,31)(H,28,32). The van der Waals surface area contributed by atoms with Gasteiger partial charge in [0.15, 0.2) is 0 Å². The van der Waals surface area contributed by atoms with Crippen LogP contribution in [0.5, 0.6) is 0 Å². The molecule has 1 aliphatic heterocycles. The highest BCUT2D eigenvalue weighted by atomic mass is 79.9. The van der Waals surface area contributed by atoms with Gasteiger partial charge in [0.05, 0.1) is 12.1 Å². The maximum Gasteiger partial charge on any atom is 0.253 e. The highest BCUT2D eigenvalue weighted by molar-refractivity contribution is 9.10. The highest BCUT2D eigenvalue weighted by Gasteiger charge is 2.20. The molecule has 6 nitrogen and oxygen atoms in total. The van der Waals surface area contributed by atoms with Crippen LogP contribution in [0.15, 0.2) is 46.9 Å². The van der Waals surface area contributed by atoms with E-state index in [1.807, 2.05) is 43.3 Å². The van der Waals surface area contributed by atoms with E-state index in [4.69, 9.17) is 11.6 Å². The predicted octanol–water partition coefficient (Wildman–Crippen LogP) is 3.93. The zero-order valence-corrected chi connectivity index (χ0v) is 20.9. The van der Waals surface area contributed by atoms with E-state index in [2.05, 4.69) is 43.6 Å². The molecule has 1 fully saturated rings. The second-order valence-electron chi connectivity index (χ2n) is 8.39. The predicted molar refractivity (Wildman–Crippen MR) is 133 cm³/mol. The number of nitrogens with one attached hydrogen (secondary N) is 2.